The van der Waals surface area contributed by atoms with Crippen LogP contribution >= 0.6 is 15.9 Å². The summed E-state index contributed by atoms with van der Waals surface area (Å²) in [7, 11) is 0. The lowest BCUT2D eigenvalue weighted by Gasteiger charge is -2.28. The molecule has 0 radical (unpaired) electrons. The zero-order chi connectivity index (χ0) is 13.8. The van der Waals surface area contributed by atoms with Crippen LogP contribution in [0.1, 0.15) is 41.6 Å². The molecular formula is C16H20BrNO. The highest BCUT2D eigenvalue weighted by molar-refractivity contribution is 9.10. The Labute approximate surface area is 123 Å². The lowest BCUT2D eigenvalue weighted by molar-refractivity contribution is 0.0705. The zero-order valence-electron chi connectivity index (χ0n) is 11.4. The number of benzene rings is 1. The summed E-state index contributed by atoms with van der Waals surface area (Å²) in [6.45, 7) is 6.42. The van der Waals surface area contributed by atoms with E-state index in [4.69, 9.17) is 0 Å². The normalized spacial score (nSPS) is 15.5. The van der Waals surface area contributed by atoms with Gasteiger partial charge in [-0.3, -0.25) is 4.79 Å². The summed E-state index contributed by atoms with van der Waals surface area (Å²) in [5.41, 5.74) is 1.87. The van der Waals surface area contributed by atoms with Gasteiger partial charge in [-0.25, -0.2) is 0 Å². The molecule has 3 heteroatoms. The highest BCUT2D eigenvalue weighted by atomic mass is 79.9. The lowest BCUT2D eigenvalue weighted by atomic mass is 10.1. The molecule has 0 unspecified atom stereocenters. The van der Waals surface area contributed by atoms with Gasteiger partial charge in [-0.1, -0.05) is 30.5 Å². The second-order valence-electron chi connectivity index (χ2n) is 5.17. The van der Waals surface area contributed by atoms with Crippen LogP contribution in [0, 0.1) is 6.92 Å². The first kappa shape index (κ1) is 14.3. The van der Waals surface area contributed by atoms with Crippen molar-refractivity contribution < 1.29 is 4.79 Å². The van der Waals surface area contributed by atoms with Gasteiger partial charge in [-0.2, -0.15) is 0 Å². The van der Waals surface area contributed by atoms with Crippen LogP contribution in [0.15, 0.2) is 35.3 Å². The standard InChI is InChI=1S/C16H20BrNO/c1-3-10-18(13-6-4-5-7-13)16(19)14-11-12(2)8-9-15(14)17/h3,8-9,11,13H,1,4-7,10H2,2H3. The van der Waals surface area contributed by atoms with Gasteiger partial charge < -0.3 is 4.90 Å². The zero-order valence-corrected chi connectivity index (χ0v) is 12.9. The molecule has 0 spiro atoms. The minimum atomic E-state index is 0.113. The van der Waals surface area contributed by atoms with E-state index in [2.05, 4.69) is 22.5 Å². The van der Waals surface area contributed by atoms with Crippen LogP contribution in [0.25, 0.3) is 0 Å². The van der Waals surface area contributed by atoms with Gasteiger partial charge in [0.05, 0.1) is 5.56 Å². The minimum absolute atomic E-state index is 0.113. The van der Waals surface area contributed by atoms with Crippen molar-refractivity contribution in [1.29, 1.82) is 0 Å². The number of hydrogen-bond donors (Lipinski definition) is 0. The van der Waals surface area contributed by atoms with Gasteiger partial charge in [0, 0.05) is 17.1 Å². The van der Waals surface area contributed by atoms with Crippen molar-refractivity contribution >= 4 is 21.8 Å². The quantitative estimate of drug-likeness (QED) is 0.756. The van der Waals surface area contributed by atoms with Crippen molar-refractivity contribution in [3.05, 3.63) is 46.5 Å². The first-order valence-electron chi connectivity index (χ1n) is 6.81. The number of rotatable bonds is 4. The molecular weight excluding hydrogens is 302 g/mol. The molecule has 0 N–H and O–H groups in total. The molecule has 1 aliphatic rings. The number of amides is 1. The predicted molar refractivity (Wildman–Crippen MR) is 82.4 cm³/mol. The van der Waals surface area contributed by atoms with Crippen molar-refractivity contribution in [1.82, 2.24) is 4.90 Å². The summed E-state index contributed by atoms with van der Waals surface area (Å²) in [4.78, 5) is 14.7. The molecule has 0 aliphatic heterocycles. The Morgan fingerprint density at radius 1 is 1.47 bits per heavy atom. The first-order chi connectivity index (χ1) is 9.13. The maximum Gasteiger partial charge on any atom is 0.255 e. The summed E-state index contributed by atoms with van der Waals surface area (Å²) >= 11 is 3.49. The summed E-state index contributed by atoms with van der Waals surface area (Å²) in [6, 6.07) is 6.28. The summed E-state index contributed by atoms with van der Waals surface area (Å²) < 4.78 is 0.871. The van der Waals surface area contributed by atoms with Crippen molar-refractivity contribution in [2.75, 3.05) is 6.54 Å². The molecule has 1 aromatic rings. The number of nitrogens with zero attached hydrogens (tertiary/aromatic N) is 1. The third-order valence-corrected chi connectivity index (χ3v) is 4.40. The van der Waals surface area contributed by atoms with Crippen molar-refractivity contribution in [3.8, 4) is 0 Å². The smallest absolute Gasteiger partial charge is 0.255 e. The molecule has 0 saturated heterocycles. The second-order valence-corrected chi connectivity index (χ2v) is 6.02. The van der Waals surface area contributed by atoms with E-state index in [0.717, 1.165) is 28.4 Å². The molecule has 102 valence electrons. The van der Waals surface area contributed by atoms with Gasteiger partial charge in [0.2, 0.25) is 0 Å². The van der Waals surface area contributed by atoms with Gasteiger partial charge in [0.15, 0.2) is 0 Å². The third kappa shape index (κ3) is 3.27. The van der Waals surface area contributed by atoms with Gasteiger partial charge in [-0.05, 0) is 47.8 Å². The van der Waals surface area contributed by atoms with Crippen LogP contribution in [-0.4, -0.2) is 23.4 Å². The molecule has 2 nitrogen and oxygen atoms in total. The Morgan fingerprint density at radius 2 is 2.16 bits per heavy atom. The van der Waals surface area contributed by atoms with E-state index in [-0.39, 0.29) is 5.91 Å². The molecule has 1 fully saturated rings. The summed E-state index contributed by atoms with van der Waals surface area (Å²) in [5.74, 6) is 0.113. The van der Waals surface area contributed by atoms with E-state index >= 15 is 0 Å². The van der Waals surface area contributed by atoms with Crippen LogP contribution in [-0.2, 0) is 0 Å². The van der Waals surface area contributed by atoms with Crippen LogP contribution in [0.3, 0.4) is 0 Å². The highest BCUT2D eigenvalue weighted by Gasteiger charge is 2.27. The predicted octanol–water partition coefficient (Wildman–Crippen LogP) is 4.33. The van der Waals surface area contributed by atoms with Gasteiger partial charge in [0.25, 0.3) is 5.91 Å². The van der Waals surface area contributed by atoms with Crippen LogP contribution in [0.4, 0.5) is 0 Å². The van der Waals surface area contributed by atoms with Crippen LogP contribution < -0.4 is 0 Å². The van der Waals surface area contributed by atoms with Crippen molar-refractivity contribution in [2.45, 2.75) is 38.6 Å². The monoisotopic (exact) mass is 321 g/mol. The Kier molecular flexibility index (Phi) is 4.81. The van der Waals surface area contributed by atoms with E-state index in [1.807, 2.05) is 36.1 Å². The van der Waals surface area contributed by atoms with E-state index < -0.39 is 0 Å². The van der Waals surface area contributed by atoms with E-state index in [1.165, 1.54) is 12.8 Å². The van der Waals surface area contributed by atoms with E-state index in [1.54, 1.807) is 0 Å². The molecule has 0 bridgehead atoms. The molecule has 0 atom stereocenters. The maximum absolute atomic E-state index is 12.7. The largest absolute Gasteiger partial charge is 0.332 e. The average molecular weight is 322 g/mol. The first-order valence-corrected chi connectivity index (χ1v) is 7.61. The number of carbonyl (C=O) groups excluding carboxylic acids is 1. The molecule has 1 amide bonds. The van der Waals surface area contributed by atoms with Gasteiger partial charge in [-0.15, -0.1) is 6.58 Å². The number of halogens is 1. The molecule has 1 aromatic carbocycles. The fraction of sp³-hybridized carbons (Fsp3) is 0.438. The maximum atomic E-state index is 12.7. The van der Waals surface area contributed by atoms with E-state index in [9.17, 15) is 4.79 Å². The van der Waals surface area contributed by atoms with E-state index in [0.29, 0.717) is 12.6 Å². The summed E-state index contributed by atoms with van der Waals surface area (Å²) in [5, 5.41) is 0. The average Bonchev–Trinajstić information content (AvgIpc) is 2.92. The molecule has 1 aliphatic carbocycles. The Balaban J connectivity index is 2.27. The van der Waals surface area contributed by atoms with Crippen LogP contribution in [0.2, 0.25) is 0 Å². The Hall–Kier alpha value is -1.09. The van der Waals surface area contributed by atoms with Crippen LogP contribution in [0.5, 0.6) is 0 Å². The molecule has 0 aromatic heterocycles. The molecule has 2 rings (SSSR count). The van der Waals surface area contributed by atoms with Gasteiger partial charge >= 0.3 is 0 Å². The van der Waals surface area contributed by atoms with Gasteiger partial charge in [0.1, 0.15) is 0 Å². The topological polar surface area (TPSA) is 20.3 Å². The Morgan fingerprint density at radius 3 is 2.79 bits per heavy atom. The number of hydrogen-bond acceptors (Lipinski definition) is 1. The molecule has 1 saturated carbocycles. The lowest BCUT2D eigenvalue weighted by Crippen LogP contribution is -2.39. The highest BCUT2D eigenvalue weighted by Crippen LogP contribution is 2.27. The molecule has 19 heavy (non-hydrogen) atoms. The third-order valence-electron chi connectivity index (χ3n) is 3.70. The fourth-order valence-corrected chi connectivity index (χ4v) is 3.13. The van der Waals surface area contributed by atoms with Crippen molar-refractivity contribution in [3.63, 3.8) is 0 Å². The molecule has 0 heterocycles. The second kappa shape index (κ2) is 6.38. The number of aryl methyl sites for hydroxylation is 1. The minimum Gasteiger partial charge on any atom is -0.332 e. The number of carbonyl (C=O) groups is 1. The SMILES string of the molecule is C=CCN(C(=O)c1cc(C)ccc1Br)C1CCCC1. The van der Waals surface area contributed by atoms with Crippen molar-refractivity contribution in [2.24, 2.45) is 0 Å². The summed E-state index contributed by atoms with van der Waals surface area (Å²) in [6.07, 6.45) is 6.49. The Bertz CT molecular complexity index is 478. The fourth-order valence-electron chi connectivity index (χ4n) is 2.71.